The van der Waals surface area contributed by atoms with Gasteiger partial charge in [-0.25, -0.2) is 4.98 Å². The van der Waals surface area contributed by atoms with Crippen molar-refractivity contribution in [2.75, 3.05) is 58.3 Å². The van der Waals surface area contributed by atoms with Gasteiger partial charge in [-0.15, -0.1) is 24.0 Å². The fourth-order valence-corrected chi connectivity index (χ4v) is 3.65. The summed E-state index contributed by atoms with van der Waals surface area (Å²) in [7, 11) is 3.93. The first-order valence-electron chi connectivity index (χ1n) is 10.2. The van der Waals surface area contributed by atoms with Gasteiger partial charge in [0.1, 0.15) is 5.82 Å². The van der Waals surface area contributed by atoms with E-state index in [2.05, 4.69) is 49.6 Å². The highest BCUT2D eigenvalue weighted by Crippen LogP contribution is 2.14. The average Bonchev–Trinajstić information content (AvgIpc) is 3.20. The lowest BCUT2D eigenvalue weighted by Crippen LogP contribution is -2.45. The Labute approximate surface area is 191 Å². The minimum absolute atomic E-state index is 0. The van der Waals surface area contributed by atoms with Gasteiger partial charge in [-0.2, -0.15) is 0 Å². The molecule has 1 atom stereocenters. The van der Waals surface area contributed by atoms with Crippen molar-refractivity contribution in [3.8, 4) is 0 Å². The van der Waals surface area contributed by atoms with E-state index in [1.54, 1.807) is 7.05 Å². The molecular formula is C20H34IN7O. The van der Waals surface area contributed by atoms with Crippen molar-refractivity contribution in [2.24, 2.45) is 4.99 Å². The van der Waals surface area contributed by atoms with Crippen LogP contribution in [0, 0.1) is 0 Å². The predicted molar refractivity (Wildman–Crippen MR) is 128 cm³/mol. The fourth-order valence-electron chi connectivity index (χ4n) is 3.65. The van der Waals surface area contributed by atoms with Gasteiger partial charge >= 0.3 is 0 Å². The Hall–Kier alpha value is -1.62. The van der Waals surface area contributed by atoms with E-state index in [1.165, 1.54) is 0 Å². The van der Waals surface area contributed by atoms with Crippen molar-refractivity contribution >= 4 is 41.7 Å². The van der Waals surface area contributed by atoms with Crippen LogP contribution in [0.3, 0.4) is 0 Å². The van der Waals surface area contributed by atoms with Gasteiger partial charge in [0, 0.05) is 71.5 Å². The topological polar surface area (TPSA) is 76.1 Å². The highest BCUT2D eigenvalue weighted by molar-refractivity contribution is 14.0. The zero-order chi connectivity index (χ0) is 19.9. The number of carbonyl (C=O) groups excluding carboxylic acids is 1. The molecule has 2 N–H and O–H groups in total. The standard InChI is InChI=1S/C20H33N7O.HI/c1-4-19(28)27-8-7-17(15-27)24-20(21-2)23-14-16-5-6-18(22-13-16)26-11-9-25(3)10-12-26;/h5-6,13,17H,4,7-12,14-15H2,1-3H3,(H2,21,23,24);1H. The van der Waals surface area contributed by atoms with Crippen molar-refractivity contribution in [2.45, 2.75) is 32.4 Å². The number of aliphatic imine (C=N–C) groups is 1. The van der Waals surface area contributed by atoms with Gasteiger partial charge in [0.05, 0.1) is 0 Å². The molecular weight excluding hydrogens is 481 g/mol. The number of piperazine rings is 1. The molecule has 0 aliphatic carbocycles. The molecule has 9 heteroatoms. The summed E-state index contributed by atoms with van der Waals surface area (Å²) in [6.45, 7) is 8.35. The molecule has 29 heavy (non-hydrogen) atoms. The largest absolute Gasteiger partial charge is 0.354 e. The zero-order valence-electron chi connectivity index (χ0n) is 17.7. The number of pyridine rings is 1. The number of halogens is 1. The lowest BCUT2D eigenvalue weighted by atomic mass is 10.2. The molecule has 0 bridgehead atoms. The van der Waals surface area contributed by atoms with E-state index >= 15 is 0 Å². The van der Waals surface area contributed by atoms with Gasteiger partial charge < -0.3 is 25.3 Å². The minimum Gasteiger partial charge on any atom is -0.354 e. The third-order valence-electron chi connectivity index (χ3n) is 5.50. The SMILES string of the molecule is CCC(=O)N1CCC(NC(=NC)NCc2ccc(N3CCN(C)CC3)nc2)C1.I. The first kappa shape index (κ1) is 23.7. The van der Waals surface area contributed by atoms with Crippen LogP contribution in [0.1, 0.15) is 25.3 Å². The molecule has 3 heterocycles. The van der Waals surface area contributed by atoms with E-state index in [0.717, 1.165) is 63.0 Å². The monoisotopic (exact) mass is 515 g/mol. The summed E-state index contributed by atoms with van der Waals surface area (Å²) in [5.74, 6) is 2.03. The summed E-state index contributed by atoms with van der Waals surface area (Å²) in [5, 5.41) is 6.77. The van der Waals surface area contributed by atoms with Gasteiger partial charge in [-0.1, -0.05) is 13.0 Å². The number of hydrogen-bond donors (Lipinski definition) is 2. The number of likely N-dealkylation sites (tertiary alicyclic amines) is 1. The van der Waals surface area contributed by atoms with Crippen LogP contribution < -0.4 is 15.5 Å². The molecule has 0 radical (unpaired) electrons. The van der Waals surface area contributed by atoms with E-state index in [0.29, 0.717) is 13.0 Å². The number of rotatable bonds is 5. The van der Waals surface area contributed by atoms with Crippen LogP contribution in [0.2, 0.25) is 0 Å². The second-order valence-electron chi connectivity index (χ2n) is 7.56. The maximum absolute atomic E-state index is 11.8. The molecule has 0 spiro atoms. The van der Waals surface area contributed by atoms with Crippen LogP contribution in [0.15, 0.2) is 23.3 Å². The summed E-state index contributed by atoms with van der Waals surface area (Å²) in [6.07, 6.45) is 3.45. The molecule has 2 aliphatic heterocycles. The van der Waals surface area contributed by atoms with Crippen molar-refractivity contribution in [3.05, 3.63) is 23.9 Å². The fraction of sp³-hybridized carbons (Fsp3) is 0.650. The summed E-state index contributed by atoms with van der Waals surface area (Å²) >= 11 is 0. The number of nitrogens with one attached hydrogen (secondary N) is 2. The summed E-state index contributed by atoms with van der Waals surface area (Å²) in [4.78, 5) is 27.4. The van der Waals surface area contributed by atoms with Crippen LogP contribution in [0.25, 0.3) is 0 Å². The number of aromatic nitrogens is 1. The quantitative estimate of drug-likeness (QED) is 0.348. The van der Waals surface area contributed by atoms with Crippen molar-refractivity contribution in [1.82, 2.24) is 25.4 Å². The highest BCUT2D eigenvalue weighted by Gasteiger charge is 2.25. The average molecular weight is 515 g/mol. The lowest BCUT2D eigenvalue weighted by molar-refractivity contribution is -0.129. The second kappa shape index (κ2) is 11.5. The van der Waals surface area contributed by atoms with E-state index < -0.39 is 0 Å². The molecule has 1 amide bonds. The molecule has 0 saturated carbocycles. The molecule has 2 saturated heterocycles. The Kier molecular flexibility index (Phi) is 9.41. The van der Waals surface area contributed by atoms with Gasteiger partial charge in [-0.3, -0.25) is 9.79 Å². The van der Waals surface area contributed by atoms with E-state index in [1.807, 2.05) is 18.0 Å². The maximum Gasteiger partial charge on any atom is 0.222 e. The molecule has 2 aliphatic rings. The number of guanidine groups is 1. The number of hydrogen-bond acceptors (Lipinski definition) is 5. The van der Waals surface area contributed by atoms with Crippen LogP contribution in [0.5, 0.6) is 0 Å². The van der Waals surface area contributed by atoms with Crippen molar-refractivity contribution in [1.29, 1.82) is 0 Å². The van der Waals surface area contributed by atoms with Gasteiger partial charge in [-0.05, 0) is 25.1 Å². The second-order valence-corrected chi connectivity index (χ2v) is 7.56. The third-order valence-corrected chi connectivity index (χ3v) is 5.50. The third kappa shape index (κ3) is 6.70. The number of anilines is 1. The molecule has 0 aromatic carbocycles. The Balaban J connectivity index is 0.00000300. The smallest absolute Gasteiger partial charge is 0.222 e. The molecule has 8 nitrogen and oxygen atoms in total. The Morgan fingerprint density at radius 1 is 1.24 bits per heavy atom. The van der Waals surface area contributed by atoms with Crippen molar-refractivity contribution < 1.29 is 4.79 Å². The number of carbonyl (C=O) groups is 1. The van der Waals surface area contributed by atoms with Crippen LogP contribution >= 0.6 is 24.0 Å². The van der Waals surface area contributed by atoms with E-state index in [9.17, 15) is 4.79 Å². The Morgan fingerprint density at radius 2 is 2.00 bits per heavy atom. The predicted octanol–water partition coefficient (Wildman–Crippen LogP) is 1.13. The van der Waals surface area contributed by atoms with Crippen LogP contribution in [-0.4, -0.2) is 86.1 Å². The number of nitrogens with zero attached hydrogens (tertiary/aromatic N) is 5. The minimum atomic E-state index is 0. The van der Waals surface area contributed by atoms with E-state index in [4.69, 9.17) is 0 Å². The number of amides is 1. The van der Waals surface area contributed by atoms with Gasteiger partial charge in [0.15, 0.2) is 5.96 Å². The Morgan fingerprint density at radius 3 is 2.62 bits per heavy atom. The molecule has 2 fully saturated rings. The van der Waals surface area contributed by atoms with Crippen LogP contribution in [-0.2, 0) is 11.3 Å². The first-order valence-corrected chi connectivity index (χ1v) is 10.2. The Bertz CT molecular complexity index is 674. The maximum atomic E-state index is 11.8. The lowest BCUT2D eigenvalue weighted by Gasteiger charge is -2.33. The van der Waals surface area contributed by atoms with Crippen molar-refractivity contribution in [3.63, 3.8) is 0 Å². The molecule has 1 unspecified atom stereocenters. The first-order chi connectivity index (χ1) is 13.6. The molecule has 1 aromatic rings. The highest BCUT2D eigenvalue weighted by atomic mass is 127. The summed E-state index contributed by atoms with van der Waals surface area (Å²) in [6, 6.07) is 4.47. The van der Waals surface area contributed by atoms with Gasteiger partial charge in [0.2, 0.25) is 5.91 Å². The normalized spacial score (nSPS) is 20.4. The molecule has 162 valence electrons. The van der Waals surface area contributed by atoms with Gasteiger partial charge in [0.25, 0.3) is 0 Å². The van der Waals surface area contributed by atoms with Crippen LogP contribution in [0.4, 0.5) is 5.82 Å². The summed E-state index contributed by atoms with van der Waals surface area (Å²) in [5.41, 5.74) is 1.12. The molecule has 1 aromatic heterocycles. The number of likely N-dealkylation sites (N-methyl/N-ethyl adjacent to an activating group) is 1. The summed E-state index contributed by atoms with van der Waals surface area (Å²) < 4.78 is 0. The van der Waals surface area contributed by atoms with E-state index in [-0.39, 0.29) is 35.9 Å². The zero-order valence-corrected chi connectivity index (χ0v) is 20.1. The molecule has 3 rings (SSSR count).